The molecule has 160 valence electrons. The summed E-state index contributed by atoms with van der Waals surface area (Å²) in [6.07, 6.45) is -5.16. The molecule has 11 heteroatoms. The average Bonchev–Trinajstić information content (AvgIpc) is 2.66. The molecule has 2 aromatic carbocycles. The van der Waals surface area contributed by atoms with Gasteiger partial charge in [-0.05, 0) is 36.4 Å². The van der Waals surface area contributed by atoms with Crippen molar-refractivity contribution in [1.29, 1.82) is 0 Å². The van der Waals surface area contributed by atoms with Crippen LogP contribution in [0.25, 0.3) is 0 Å². The van der Waals surface area contributed by atoms with Crippen molar-refractivity contribution in [3.05, 3.63) is 53.1 Å². The number of carbonyl (C=O) groups is 3. The summed E-state index contributed by atoms with van der Waals surface area (Å²) in [6.45, 7) is 0. The smallest absolute Gasteiger partial charge is 0.418 e. The number of benzene rings is 2. The number of anilines is 2. The first-order valence-electron chi connectivity index (χ1n) is 8.45. The van der Waals surface area contributed by atoms with Gasteiger partial charge in [-0.2, -0.15) is 13.2 Å². The van der Waals surface area contributed by atoms with Crippen LogP contribution in [-0.4, -0.2) is 28.6 Å². The second kappa shape index (κ2) is 10.4. The van der Waals surface area contributed by atoms with Gasteiger partial charge >= 0.3 is 12.1 Å². The number of amides is 2. The predicted octanol–water partition coefficient (Wildman–Crippen LogP) is 4.89. The summed E-state index contributed by atoms with van der Waals surface area (Å²) in [4.78, 5) is 34.9. The van der Waals surface area contributed by atoms with Gasteiger partial charge in [0.15, 0.2) is 0 Å². The van der Waals surface area contributed by atoms with Gasteiger partial charge in [0.1, 0.15) is 0 Å². The fraction of sp³-hybridized carbons (Fsp3) is 0.211. The van der Waals surface area contributed by atoms with Gasteiger partial charge < -0.3 is 15.7 Å². The van der Waals surface area contributed by atoms with Gasteiger partial charge in [0.05, 0.1) is 23.4 Å². The second-order valence-corrected chi connectivity index (χ2v) is 7.48. The Bertz CT molecular complexity index is 954. The van der Waals surface area contributed by atoms with E-state index in [0.29, 0.717) is 10.6 Å². The lowest BCUT2D eigenvalue weighted by Crippen LogP contribution is -2.18. The highest BCUT2D eigenvalue weighted by molar-refractivity contribution is 8.00. The minimum Gasteiger partial charge on any atom is -0.481 e. The van der Waals surface area contributed by atoms with E-state index >= 15 is 0 Å². The molecule has 0 atom stereocenters. The third-order valence-electron chi connectivity index (χ3n) is 3.61. The summed E-state index contributed by atoms with van der Waals surface area (Å²) < 4.78 is 39.3. The largest absolute Gasteiger partial charge is 0.481 e. The van der Waals surface area contributed by atoms with E-state index in [1.165, 1.54) is 6.07 Å². The number of hydrogen-bond donors (Lipinski definition) is 3. The average molecular weight is 461 g/mol. The first-order valence-corrected chi connectivity index (χ1v) is 9.82. The molecule has 2 rings (SSSR count). The molecule has 0 spiro atoms. The number of carboxylic acid groups (broad SMARTS) is 1. The lowest BCUT2D eigenvalue weighted by Gasteiger charge is -2.14. The molecule has 0 aromatic heterocycles. The van der Waals surface area contributed by atoms with Gasteiger partial charge in [-0.3, -0.25) is 14.4 Å². The molecule has 0 unspecified atom stereocenters. The summed E-state index contributed by atoms with van der Waals surface area (Å²) >= 11 is 6.67. The maximum atomic E-state index is 13.1. The Hall–Kier alpha value is -2.72. The summed E-state index contributed by atoms with van der Waals surface area (Å²) in [5, 5.41) is 13.3. The van der Waals surface area contributed by atoms with E-state index in [-0.39, 0.29) is 23.6 Å². The minimum absolute atomic E-state index is 0.100. The SMILES string of the molecule is O=C(O)CCC(=O)Nc1cccc(SCC(=O)Nc2ccc(Cl)cc2C(F)(F)F)c1. The number of thioether (sulfide) groups is 1. The van der Waals surface area contributed by atoms with Crippen LogP contribution in [0.15, 0.2) is 47.4 Å². The van der Waals surface area contributed by atoms with E-state index in [0.717, 1.165) is 23.9 Å². The molecule has 3 N–H and O–H groups in total. The molecule has 0 fully saturated rings. The highest BCUT2D eigenvalue weighted by atomic mass is 35.5. The molecule has 0 radical (unpaired) electrons. The monoisotopic (exact) mass is 460 g/mol. The summed E-state index contributed by atoms with van der Waals surface area (Å²) in [5.74, 6) is -2.38. The molecule has 0 aliphatic carbocycles. The van der Waals surface area contributed by atoms with E-state index < -0.39 is 35.2 Å². The van der Waals surface area contributed by atoms with Gasteiger partial charge in [-0.15, -0.1) is 11.8 Å². The minimum atomic E-state index is -4.67. The van der Waals surface area contributed by atoms with Crippen molar-refractivity contribution in [1.82, 2.24) is 0 Å². The molecule has 2 amide bonds. The van der Waals surface area contributed by atoms with Gasteiger partial charge in [-0.1, -0.05) is 17.7 Å². The zero-order valence-electron chi connectivity index (χ0n) is 15.3. The first-order chi connectivity index (χ1) is 14.0. The van der Waals surface area contributed by atoms with Crippen LogP contribution in [0, 0.1) is 0 Å². The molecule has 30 heavy (non-hydrogen) atoms. The Morgan fingerprint density at radius 1 is 1.00 bits per heavy atom. The summed E-state index contributed by atoms with van der Waals surface area (Å²) in [6, 6.07) is 9.51. The van der Waals surface area contributed by atoms with Gasteiger partial charge in [0.25, 0.3) is 0 Å². The Labute approximate surface area is 178 Å². The Kier molecular flexibility index (Phi) is 8.13. The van der Waals surface area contributed by atoms with E-state index in [1.54, 1.807) is 24.3 Å². The molecule has 6 nitrogen and oxygen atoms in total. The molecular weight excluding hydrogens is 445 g/mol. The van der Waals surface area contributed by atoms with Crippen molar-refractivity contribution in [2.45, 2.75) is 23.9 Å². The number of carbonyl (C=O) groups excluding carboxylic acids is 2. The quantitative estimate of drug-likeness (QED) is 0.487. The molecule has 0 bridgehead atoms. The number of alkyl halides is 3. The lowest BCUT2D eigenvalue weighted by atomic mass is 10.1. The van der Waals surface area contributed by atoms with Crippen molar-refractivity contribution in [2.24, 2.45) is 0 Å². The van der Waals surface area contributed by atoms with Crippen LogP contribution in [0.1, 0.15) is 18.4 Å². The molecule has 0 saturated carbocycles. The number of carboxylic acids is 1. The van der Waals surface area contributed by atoms with Crippen LogP contribution in [0.5, 0.6) is 0 Å². The van der Waals surface area contributed by atoms with Crippen molar-refractivity contribution < 1.29 is 32.7 Å². The van der Waals surface area contributed by atoms with Crippen LogP contribution < -0.4 is 10.6 Å². The number of nitrogens with one attached hydrogen (secondary N) is 2. The Balaban J connectivity index is 1.96. The third-order valence-corrected chi connectivity index (χ3v) is 4.84. The van der Waals surface area contributed by atoms with Crippen LogP contribution in [0.2, 0.25) is 5.02 Å². The van der Waals surface area contributed by atoms with Crippen molar-refractivity contribution >= 4 is 52.5 Å². The molecule has 0 heterocycles. The topological polar surface area (TPSA) is 95.5 Å². The normalized spacial score (nSPS) is 11.1. The van der Waals surface area contributed by atoms with E-state index in [1.807, 2.05) is 0 Å². The second-order valence-electron chi connectivity index (χ2n) is 5.99. The van der Waals surface area contributed by atoms with E-state index in [9.17, 15) is 27.6 Å². The highest BCUT2D eigenvalue weighted by Gasteiger charge is 2.34. The fourth-order valence-electron chi connectivity index (χ4n) is 2.30. The zero-order chi connectivity index (χ0) is 22.3. The molecular formula is C19H16ClF3N2O4S. The molecule has 2 aromatic rings. The van der Waals surface area contributed by atoms with Gasteiger partial charge in [0.2, 0.25) is 11.8 Å². The fourth-order valence-corrected chi connectivity index (χ4v) is 3.23. The number of hydrogen-bond acceptors (Lipinski definition) is 4. The van der Waals surface area contributed by atoms with Crippen LogP contribution in [-0.2, 0) is 20.6 Å². The molecule has 0 aliphatic rings. The van der Waals surface area contributed by atoms with Crippen LogP contribution in [0.3, 0.4) is 0 Å². The van der Waals surface area contributed by atoms with Gasteiger partial charge in [-0.25, -0.2) is 0 Å². The summed E-state index contributed by atoms with van der Waals surface area (Å²) in [7, 11) is 0. The number of halogens is 4. The standard InChI is InChI=1S/C19H16ClF3N2O4S/c20-11-4-5-15(14(8-11)19(21,22)23)25-17(27)10-30-13-3-1-2-12(9-13)24-16(26)6-7-18(28)29/h1-5,8-9H,6-7,10H2,(H,24,26)(H,25,27)(H,28,29). The Morgan fingerprint density at radius 3 is 2.40 bits per heavy atom. The lowest BCUT2D eigenvalue weighted by molar-refractivity contribution is -0.138. The maximum Gasteiger partial charge on any atom is 0.418 e. The molecule has 0 aliphatic heterocycles. The first kappa shape index (κ1) is 23.6. The van der Waals surface area contributed by atoms with Gasteiger partial charge in [0, 0.05) is 22.0 Å². The van der Waals surface area contributed by atoms with E-state index in [2.05, 4.69) is 10.6 Å². The zero-order valence-corrected chi connectivity index (χ0v) is 16.8. The number of rotatable bonds is 8. The third kappa shape index (κ3) is 7.60. The maximum absolute atomic E-state index is 13.1. The van der Waals surface area contributed by atoms with E-state index in [4.69, 9.17) is 16.7 Å². The highest BCUT2D eigenvalue weighted by Crippen LogP contribution is 2.36. The van der Waals surface area contributed by atoms with Crippen molar-refractivity contribution in [2.75, 3.05) is 16.4 Å². The van der Waals surface area contributed by atoms with Crippen molar-refractivity contribution in [3.8, 4) is 0 Å². The Morgan fingerprint density at radius 2 is 1.73 bits per heavy atom. The molecule has 0 saturated heterocycles. The summed E-state index contributed by atoms with van der Waals surface area (Å²) in [5.41, 5.74) is -1.02. The number of aliphatic carboxylic acids is 1. The predicted molar refractivity (Wildman–Crippen MR) is 108 cm³/mol. The van der Waals surface area contributed by atoms with Crippen molar-refractivity contribution in [3.63, 3.8) is 0 Å². The van der Waals surface area contributed by atoms with Crippen LogP contribution >= 0.6 is 23.4 Å². The van der Waals surface area contributed by atoms with Crippen LogP contribution in [0.4, 0.5) is 24.5 Å².